The zero-order valence-electron chi connectivity index (χ0n) is 15.2. The van der Waals surface area contributed by atoms with E-state index in [1.54, 1.807) is 34.8 Å². The number of aromatic nitrogens is 2. The van der Waals surface area contributed by atoms with E-state index in [-0.39, 0.29) is 5.56 Å². The molecule has 0 amide bonds. The van der Waals surface area contributed by atoms with Gasteiger partial charge in [-0.25, -0.2) is 4.98 Å². The molecule has 4 rings (SSSR count). The van der Waals surface area contributed by atoms with Gasteiger partial charge in [0.2, 0.25) is 0 Å². The summed E-state index contributed by atoms with van der Waals surface area (Å²) in [5.74, 6) is 0.719. The predicted octanol–water partition coefficient (Wildman–Crippen LogP) is 4.93. The van der Waals surface area contributed by atoms with Gasteiger partial charge in [-0.05, 0) is 48.9 Å². The van der Waals surface area contributed by atoms with Gasteiger partial charge in [-0.2, -0.15) is 0 Å². The number of aryl methyl sites for hydroxylation is 2. The lowest BCUT2D eigenvalue weighted by Crippen LogP contribution is -2.25. The molecule has 2 heterocycles. The number of ether oxygens (including phenoxy) is 1. The van der Waals surface area contributed by atoms with Gasteiger partial charge >= 0.3 is 0 Å². The highest BCUT2D eigenvalue weighted by atomic mass is 35.5. The number of hydrogen-bond acceptors (Lipinski definition) is 5. The molecule has 0 atom stereocenters. The Balaban J connectivity index is 1.74. The third-order valence-electron chi connectivity index (χ3n) is 4.82. The van der Waals surface area contributed by atoms with Crippen molar-refractivity contribution >= 4 is 44.9 Å². The minimum Gasteiger partial charge on any atom is -0.383 e. The molecular formula is C20H21ClN2O2S2. The zero-order chi connectivity index (χ0) is 18.8. The van der Waals surface area contributed by atoms with E-state index in [4.69, 9.17) is 21.3 Å². The number of thiophene rings is 1. The highest BCUT2D eigenvalue weighted by molar-refractivity contribution is 7.98. The van der Waals surface area contributed by atoms with Crippen LogP contribution < -0.4 is 5.56 Å². The quantitative estimate of drug-likeness (QED) is 0.419. The van der Waals surface area contributed by atoms with E-state index in [0.29, 0.717) is 13.2 Å². The summed E-state index contributed by atoms with van der Waals surface area (Å²) in [7, 11) is 1.65. The van der Waals surface area contributed by atoms with Crippen LogP contribution in [0.15, 0.2) is 34.2 Å². The maximum Gasteiger partial charge on any atom is 0.263 e. The first-order chi connectivity index (χ1) is 13.2. The molecular weight excluding hydrogens is 400 g/mol. The smallest absolute Gasteiger partial charge is 0.263 e. The summed E-state index contributed by atoms with van der Waals surface area (Å²) in [5.41, 5.74) is 2.42. The Morgan fingerprint density at radius 3 is 3.00 bits per heavy atom. The Morgan fingerprint density at radius 1 is 1.33 bits per heavy atom. The molecule has 27 heavy (non-hydrogen) atoms. The Labute approximate surface area is 171 Å². The second kappa shape index (κ2) is 8.35. The van der Waals surface area contributed by atoms with Crippen LogP contribution in [-0.4, -0.2) is 23.3 Å². The largest absolute Gasteiger partial charge is 0.383 e. The molecule has 2 aromatic heterocycles. The van der Waals surface area contributed by atoms with Gasteiger partial charge in [-0.15, -0.1) is 11.3 Å². The SMILES string of the molecule is COCCn1c(SCc2cccc(Cl)c2)nc2sc3c(c2c1=O)CCCC3. The van der Waals surface area contributed by atoms with Crippen molar-refractivity contribution in [2.45, 2.75) is 43.1 Å². The molecule has 1 aliphatic rings. The predicted molar refractivity (Wildman–Crippen MR) is 113 cm³/mol. The second-order valence-corrected chi connectivity index (χ2v) is 9.12. The lowest BCUT2D eigenvalue weighted by atomic mass is 9.97. The number of methoxy groups -OCH3 is 1. The highest BCUT2D eigenvalue weighted by Gasteiger charge is 2.22. The fourth-order valence-corrected chi connectivity index (χ4v) is 5.97. The van der Waals surface area contributed by atoms with Gasteiger partial charge in [0.15, 0.2) is 5.16 Å². The number of thioether (sulfide) groups is 1. The third-order valence-corrected chi connectivity index (χ3v) is 7.28. The van der Waals surface area contributed by atoms with Crippen LogP contribution in [0.5, 0.6) is 0 Å². The van der Waals surface area contributed by atoms with Crippen LogP contribution in [-0.2, 0) is 29.9 Å². The standard InChI is InChI=1S/C20H21ClN2O2S2/c1-25-10-9-23-19(24)17-15-7-2-3-8-16(15)27-18(17)22-20(23)26-12-13-5-4-6-14(21)11-13/h4-6,11H,2-3,7-10,12H2,1H3. The van der Waals surface area contributed by atoms with Crippen LogP contribution >= 0.6 is 34.7 Å². The number of nitrogens with zero attached hydrogens (tertiary/aromatic N) is 2. The van der Waals surface area contributed by atoms with Crippen molar-refractivity contribution in [3.8, 4) is 0 Å². The van der Waals surface area contributed by atoms with E-state index >= 15 is 0 Å². The minimum absolute atomic E-state index is 0.0741. The minimum atomic E-state index is 0.0741. The number of rotatable bonds is 6. The molecule has 0 aliphatic heterocycles. The maximum absolute atomic E-state index is 13.3. The van der Waals surface area contributed by atoms with Crippen LogP contribution in [0.25, 0.3) is 10.2 Å². The lowest BCUT2D eigenvalue weighted by Gasteiger charge is -2.13. The molecule has 0 bridgehead atoms. The van der Waals surface area contributed by atoms with Crippen LogP contribution in [0.3, 0.4) is 0 Å². The maximum atomic E-state index is 13.3. The lowest BCUT2D eigenvalue weighted by molar-refractivity contribution is 0.183. The molecule has 142 valence electrons. The van der Waals surface area contributed by atoms with E-state index in [1.165, 1.54) is 16.9 Å². The zero-order valence-corrected chi connectivity index (χ0v) is 17.6. The number of halogens is 1. The number of hydrogen-bond donors (Lipinski definition) is 0. The molecule has 0 N–H and O–H groups in total. The third kappa shape index (κ3) is 3.94. The Morgan fingerprint density at radius 2 is 2.19 bits per heavy atom. The normalized spacial score (nSPS) is 13.9. The van der Waals surface area contributed by atoms with Crippen LogP contribution in [0.1, 0.15) is 28.8 Å². The summed E-state index contributed by atoms with van der Waals surface area (Å²) >= 11 is 9.37. The molecule has 1 aliphatic carbocycles. The molecule has 4 nitrogen and oxygen atoms in total. The van der Waals surface area contributed by atoms with Gasteiger partial charge in [-0.3, -0.25) is 9.36 Å². The monoisotopic (exact) mass is 420 g/mol. The van der Waals surface area contributed by atoms with Crippen molar-refractivity contribution in [1.82, 2.24) is 9.55 Å². The van der Waals surface area contributed by atoms with Gasteiger partial charge in [0.1, 0.15) is 4.83 Å². The molecule has 0 radical (unpaired) electrons. The summed E-state index contributed by atoms with van der Waals surface area (Å²) in [6.45, 7) is 1.00. The van der Waals surface area contributed by atoms with Crippen molar-refractivity contribution in [2.75, 3.05) is 13.7 Å². The van der Waals surface area contributed by atoms with Crippen LogP contribution in [0.4, 0.5) is 0 Å². The Hall–Kier alpha value is -1.34. The summed E-state index contributed by atoms with van der Waals surface area (Å²) in [6, 6.07) is 7.80. The van der Waals surface area contributed by atoms with Gasteiger partial charge in [-0.1, -0.05) is 35.5 Å². The Kier molecular flexibility index (Phi) is 5.88. The average Bonchev–Trinajstić information content (AvgIpc) is 3.04. The molecule has 0 saturated heterocycles. The van der Waals surface area contributed by atoms with Crippen molar-refractivity contribution in [3.63, 3.8) is 0 Å². The number of fused-ring (bicyclic) bond motifs is 3. The molecule has 0 unspecified atom stereocenters. The van der Waals surface area contributed by atoms with E-state index in [2.05, 4.69) is 0 Å². The summed E-state index contributed by atoms with van der Waals surface area (Å²) in [6.07, 6.45) is 4.42. The van der Waals surface area contributed by atoms with E-state index in [0.717, 1.165) is 51.0 Å². The average molecular weight is 421 g/mol. The first-order valence-corrected chi connectivity index (χ1v) is 11.3. The molecule has 1 aromatic carbocycles. The van der Waals surface area contributed by atoms with Gasteiger partial charge < -0.3 is 4.74 Å². The van der Waals surface area contributed by atoms with Crippen molar-refractivity contribution < 1.29 is 4.74 Å². The van der Waals surface area contributed by atoms with Crippen molar-refractivity contribution in [3.05, 3.63) is 55.6 Å². The molecule has 0 spiro atoms. The van der Waals surface area contributed by atoms with Crippen molar-refractivity contribution in [1.29, 1.82) is 0 Å². The molecule has 0 saturated carbocycles. The summed E-state index contributed by atoms with van der Waals surface area (Å²) in [5, 5.41) is 2.31. The molecule has 7 heteroatoms. The van der Waals surface area contributed by atoms with Crippen molar-refractivity contribution in [2.24, 2.45) is 0 Å². The topological polar surface area (TPSA) is 44.1 Å². The number of benzene rings is 1. The fraction of sp³-hybridized carbons (Fsp3) is 0.400. The van der Waals surface area contributed by atoms with Crippen LogP contribution in [0.2, 0.25) is 5.02 Å². The molecule has 3 aromatic rings. The highest BCUT2D eigenvalue weighted by Crippen LogP contribution is 2.35. The second-order valence-electron chi connectivity index (χ2n) is 6.65. The van der Waals surface area contributed by atoms with E-state index in [1.807, 2.05) is 24.3 Å². The Bertz CT molecular complexity index is 1030. The fourth-order valence-electron chi connectivity index (χ4n) is 3.48. The van der Waals surface area contributed by atoms with Gasteiger partial charge in [0, 0.05) is 22.8 Å². The first-order valence-electron chi connectivity index (χ1n) is 9.08. The van der Waals surface area contributed by atoms with E-state index < -0.39 is 0 Å². The molecule has 0 fully saturated rings. The summed E-state index contributed by atoms with van der Waals surface area (Å²) < 4.78 is 7.01. The van der Waals surface area contributed by atoms with Crippen LogP contribution in [0, 0.1) is 0 Å². The van der Waals surface area contributed by atoms with Gasteiger partial charge in [0.25, 0.3) is 5.56 Å². The van der Waals surface area contributed by atoms with E-state index in [9.17, 15) is 4.79 Å². The van der Waals surface area contributed by atoms with Gasteiger partial charge in [0.05, 0.1) is 18.5 Å². The first kappa shape index (κ1) is 19.0. The summed E-state index contributed by atoms with van der Waals surface area (Å²) in [4.78, 5) is 20.4.